The summed E-state index contributed by atoms with van der Waals surface area (Å²) in [7, 11) is 3.28. The fourth-order valence-electron chi connectivity index (χ4n) is 2.82. The number of hydrogen-bond acceptors (Lipinski definition) is 4. The summed E-state index contributed by atoms with van der Waals surface area (Å²) in [6.45, 7) is 4.30. The SMILES string of the molecule is COc1cc(C)c(C(CO)N2CCCC2)cc1OC. The number of aryl methyl sites for hydroxylation is 1. The molecule has 19 heavy (non-hydrogen) atoms. The van der Waals surface area contributed by atoms with Crippen LogP contribution >= 0.6 is 0 Å². The largest absolute Gasteiger partial charge is 0.493 e. The highest BCUT2D eigenvalue weighted by molar-refractivity contribution is 5.48. The lowest BCUT2D eigenvalue weighted by Gasteiger charge is -2.28. The molecule has 1 aliphatic rings. The first kappa shape index (κ1) is 14.2. The van der Waals surface area contributed by atoms with Gasteiger partial charge in [0.1, 0.15) is 0 Å². The molecule has 4 nitrogen and oxygen atoms in total. The van der Waals surface area contributed by atoms with E-state index in [1.807, 2.05) is 12.1 Å². The minimum absolute atomic E-state index is 0.0577. The summed E-state index contributed by atoms with van der Waals surface area (Å²) in [5, 5.41) is 9.74. The van der Waals surface area contributed by atoms with Crippen molar-refractivity contribution in [3.05, 3.63) is 23.3 Å². The lowest BCUT2D eigenvalue weighted by atomic mass is 9.99. The van der Waals surface area contributed by atoms with Crippen molar-refractivity contribution >= 4 is 0 Å². The molecule has 0 saturated carbocycles. The molecule has 106 valence electrons. The zero-order valence-corrected chi connectivity index (χ0v) is 12.0. The zero-order chi connectivity index (χ0) is 13.8. The highest BCUT2D eigenvalue weighted by atomic mass is 16.5. The first-order valence-electron chi connectivity index (χ1n) is 6.78. The number of hydrogen-bond donors (Lipinski definition) is 1. The third kappa shape index (κ3) is 2.85. The van der Waals surface area contributed by atoms with E-state index in [0.717, 1.165) is 35.7 Å². The van der Waals surface area contributed by atoms with Crippen LogP contribution in [-0.2, 0) is 0 Å². The fraction of sp³-hybridized carbons (Fsp3) is 0.600. The monoisotopic (exact) mass is 265 g/mol. The van der Waals surface area contributed by atoms with Crippen LogP contribution in [0, 0.1) is 6.92 Å². The van der Waals surface area contributed by atoms with Crippen molar-refractivity contribution < 1.29 is 14.6 Å². The van der Waals surface area contributed by atoms with Crippen LogP contribution in [0.2, 0.25) is 0 Å². The number of rotatable bonds is 5. The van der Waals surface area contributed by atoms with Crippen LogP contribution in [0.15, 0.2) is 12.1 Å². The van der Waals surface area contributed by atoms with Crippen molar-refractivity contribution in [2.24, 2.45) is 0 Å². The maximum Gasteiger partial charge on any atom is 0.161 e. The third-order valence-electron chi connectivity index (χ3n) is 3.89. The van der Waals surface area contributed by atoms with E-state index in [9.17, 15) is 5.11 Å². The van der Waals surface area contributed by atoms with Crippen LogP contribution in [0.25, 0.3) is 0 Å². The van der Waals surface area contributed by atoms with E-state index in [-0.39, 0.29) is 12.6 Å². The standard InChI is InChI=1S/C15H23NO3/c1-11-8-14(18-2)15(19-3)9-12(11)13(10-17)16-6-4-5-7-16/h8-9,13,17H,4-7,10H2,1-3H3. The van der Waals surface area contributed by atoms with Crippen molar-refractivity contribution in [2.45, 2.75) is 25.8 Å². The number of likely N-dealkylation sites (tertiary alicyclic amines) is 1. The Hall–Kier alpha value is -1.26. The van der Waals surface area contributed by atoms with E-state index in [1.54, 1.807) is 14.2 Å². The van der Waals surface area contributed by atoms with Gasteiger partial charge in [0, 0.05) is 0 Å². The number of aliphatic hydroxyl groups is 1. The molecule has 1 aromatic carbocycles. The first-order chi connectivity index (χ1) is 9.21. The summed E-state index contributed by atoms with van der Waals surface area (Å²) < 4.78 is 10.7. The molecular weight excluding hydrogens is 242 g/mol. The molecule has 1 saturated heterocycles. The molecule has 1 fully saturated rings. The van der Waals surface area contributed by atoms with Gasteiger partial charge in [-0.05, 0) is 56.1 Å². The topological polar surface area (TPSA) is 41.9 Å². The molecule has 0 aromatic heterocycles. The predicted octanol–water partition coefficient (Wildman–Crippen LogP) is 2.14. The quantitative estimate of drug-likeness (QED) is 0.885. The average molecular weight is 265 g/mol. The minimum atomic E-state index is 0.0577. The number of nitrogens with zero attached hydrogens (tertiary/aromatic N) is 1. The summed E-state index contributed by atoms with van der Waals surface area (Å²) in [5.41, 5.74) is 2.26. The lowest BCUT2D eigenvalue weighted by Crippen LogP contribution is -2.28. The van der Waals surface area contributed by atoms with Gasteiger partial charge in [-0.1, -0.05) is 0 Å². The van der Waals surface area contributed by atoms with Gasteiger partial charge >= 0.3 is 0 Å². The van der Waals surface area contributed by atoms with Crippen molar-refractivity contribution in [3.8, 4) is 11.5 Å². The minimum Gasteiger partial charge on any atom is -0.493 e. The number of methoxy groups -OCH3 is 2. The predicted molar refractivity (Wildman–Crippen MR) is 74.9 cm³/mol. The summed E-state index contributed by atoms with van der Waals surface area (Å²) in [6.07, 6.45) is 2.42. The van der Waals surface area contributed by atoms with Crippen LogP contribution in [0.4, 0.5) is 0 Å². The molecular formula is C15H23NO3. The normalized spacial score (nSPS) is 17.5. The molecule has 1 aliphatic heterocycles. The van der Waals surface area contributed by atoms with Gasteiger partial charge in [0.05, 0.1) is 26.9 Å². The van der Waals surface area contributed by atoms with Crippen LogP contribution in [-0.4, -0.2) is 43.9 Å². The molecule has 4 heteroatoms. The molecule has 1 N–H and O–H groups in total. The first-order valence-corrected chi connectivity index (χ1v) is 6.78. The maximum atomic E-state index is 9.74. The van der Waals surface area contributed by atoms with Gasteiger partial charge in [-0.25, -0.2) is 0 Å². The van der Waals surface area contributed by atoms with E-state index < -0.39 is 0 Å². The summed E-state index contributed by atoms with van der Waals surface area (Å²) >= 11 is 0. The van der Waals surface area contributed by atoms with Gasteiger partial charge in [0.2, 0.25) is 0 Å². The molecule has 0 aliphatic carbocycles. The second kappa shape index (κ2) is 6.26. The van der Waals surface area contributed by atoms with Gasteiger partial charge < -0.3 is 14.6 Å². The fourth-order valence-corrected chi connectivity index (χ4v) is 2.82. The Morgan fingerprint density at radius 1 is 1.16 bits per heavy atom. The highest BCUT2D eigenvalue weighted by Gasteiger charge is 2.25. The van der Waals surface area contributed by atoms with Gasteiger partial charge in [-0.3, -0.25) is 4.90 Å². The summed E-state index contributed by atoms with van der Waals surface area (Å²) in [6, 6.07) is 4.03. The van der Waals surface area contributed by atoms with E-state index >= 15 is 0 Å². The van der Waals surface area contributed by atoms with E-state index in [0.29, 0.717) is 0 Å². The number of ether oxygens (including phenoxy) is 2. The van der Waals surface area contributed by atoms with Gasteiger partial charge in [0.15, 0.2) is 11.5 Å². The molecule has 1 aromatic rings. The molecule has 1 atom stereocenters. The van der Waals surface area contributed by atoms with Gasteiger partial charge in [-0.15, -0.1) is 0 Å². The Labute approximate surface area is 114 Å². The van der Waals surface area contributed by atoms with Crippen LogP contribution in [0.1, 0.15) is 30.0 Å². The Morgan fingerprint density at radius 3 is 2.26 bits per heavy atom. The molecule has 0 bridgehead atoms. The molecule has 1 heterocycles. The molecule has 2 rings (SSSR count). The number of benzene rings is 1. The number of aliphatic hydroxyl groups excluding tert-OH is 1. The Kier molecular flexibility index (Phi) is 4.66. The smallest absolute Gasteiger partial charge is 0.161 e. The van der Waals surface area contributed by atoms with Crippen LogP contribution in [0.3, 0.4) is 0 Å². The average Bonchev–Trinajstić information content (AvgIpc) is 2.94. The van der Waals surface area contributed by atoms with Gasteiger partial charge in [-0.2, -0.15) is 0 Å². The molecule has 0 amide bonds. The summed E-state index contributed by atoms with van der Waals surface area (Å²) in [5.74, 6) is 1.46. The second-order valence-electron chi connectivity index (χ2n) is 5.01. The maximum absolute atomic E-state index is 9.74. The van der Waals surface area contributed by atoms with E-state index in [1.165, 1.54) is 12.8 Å². The highest BCUT2D eigenvalue weighted by Crippen LogP contribution is 2.35. The van der Waals surface area contributed by atoms with E-state index in [4.69, 9.17) is 9.47 Å². The van der Waals surface area contributed by atoms with Crippen LogP contribution < -0.4 is 9.47 Å². The zero-order valence-electron chi connectivity index (χ0n) is 12.0. The van der Waals surface area contributed by atoms with Crippen molar-refractivity contribution in [1.29, 1.82) is 0 Å². The Morgan fingerprint density at radius 2 is 1.74 bits per heavy atom. The van der Waals surface area contributed by atoms with E-state index in [2.05, 4.69) is 11.8 Å². The lowest BCUT2D eigenvalue weighted by molar-refractivity contribution is 0.146. The van der Waals surface area contributed by atoms with Crippen molar-refractivity contribution in [2.75, 3.05) is 33.9 Å². The third-order valence-corrected chi connectivity index (χ3v) is 3.89. The Bertz CT molecular complexity index is 428. The molecule has 0 radical (unpaired) electrons. The van der Waals surface area contributed by atoms with Crippen LogP contribution in [0.5, 0.6) is 11.5 Å². The summed E-state index contributed by atoms with van der Waals surface area (Å²) in [4.78, 5) is 2.34. The van der Waals surface area contributed by atoms with Gasteiger partial charge in [0.25, 0.3) is 0 Å². The second-order valence-corrected chi connectivity index (χ2v) is 5.01. The molecule has 1 unspecified atom stereocenters. The molecule has 0 spiro atoms. The van der Waals surface area contributed by atoms with Crippen molar-refractivity contribution in [3.63, 3.8) is 0 Å². The Balaban J connectivity index is 2.36. The van der Waals surface area contributed by atoms with Crippen molar-refractivity contribution in [1.82, 2.24) is 4.90 Å².